The second-order valence-electron chi connectivity index (χ2n) is 4.21. The zero-order valence-corrected chi connectivity index (χ0v) is 12.4. The Morgan fingerprint density at radius 2 is 1.86 bits per heavy atom. The molecule has 0 spiro atoms. The van der Waals surface area contributed by atoms with Crippen LogP contribution in [0.2, 0.25) is 10.3 Å². The van der Waals surface area contributed by atoms with Crippen LogP contribution in [0, 0.1) is 6.92 Å². The molecule has 0 aliphatic heterocycles. The number of carboxylic acid groups (broad SMARTS) is 1. The molecule has 0 atom stereocenters. The van der Waals surface area contributed by atoms with Gasteiger partial charge in [0.15, 0.2) is 0 Å². The first-order valence-corrected chi connectivity index (χ1v) is 6.62. The number of aromatic nitrogens is 1. The van der Waals surface area contributed by atoms with Gasteiger partial charge < -0.3 is 10.4 Å². The number of amides is 1. The number of halogens is 2. The van der Waals surface area contributed by atoms with Crippen molar-refractivity contribution >= 4 is 40.8 Å². The Morgan fingerprint density at radius 3 is 2.48 bits per heavy atom. The third kappa shape index (κ3) is 3.32. The van der Waals surface area contributed by atoms with Crippen LogP contribution in [-0.4, -0.2) is 22.0 Å². The molecular formula is C14H10Cl2N2O3. The van der Waals surface area contributed by atoms with E-state index in [0.29, 0.717) is 11.3 Å². The molecule has 5 nitrogen and oxygen atoms in total. The fourth-order valence-corrected chi connectivity index (χ4v) is 2.20. The average molecular weight is 325 g/mol. The van der Waals surface area contributed by atoms with Crippen LogP contribution in [0.1, 0.15) is 26.3 Å². The molecular weight excluding hydrogens is 315 g/mol. The predicted molar refractivity (Wildman–Crippen MR) is 80.3 cm³/mol. The third-order valence-electron chi connectivity index (χ3n) is 2.87. The fourth-order valence-electron chi connectivity index (χ4n) is 1.77. The van der Waals surface area contributed by atoms with Crippen LogP contribution >= 0.6 is 23.2 Å². The quantitative estimate of drug-likeness (QED) is 0.844. The maximum atomic E-state index is 12.2. The van der Waals surface area contributed by atoms with E-state index < -0.39 is 11.9 Å². The van der Waals surface area contributed by atoms with Gasteiger partial charge in [0.1, 0.15) is 10.3 Å². The molecule has 0 radical (unpaired) electrons. The van der Waals surface area contributed by atoms with Gasteiger partial charge in [0.2, 0.25) is 0 Å². The number of hydrogen-bond acceptors (Lipinski definition) is 3. The van der Waals surface area contributed by atoms with Crippen molar-refractivity contribution in [3.05, 3.63) is 57.3 Å². The molecule has 2 N–H and O–H groups in total. The lowest BCUT2D eigenvalue weighted by molar-refractivity contribution is 0.0695. The van der Waals surface area contributed by atoms with E-state index >= 15 is 0 Å². The van der Waals surface area contributed by atoms with Gasteiger partial charge in [0.05, 0.1) is 11.1 Å². The number of anilines is 1. The minimum atomic E-state index is -1.06. The van der Waals surface area contributed by atoms with E-state index in [4.69, 9.17) is 28.3 Å². The lowest BCUT2D eigenvalue weighted by Crippen LogP contribution is -2.15. The van der Waals surface area contributed by atoms with Gasteiger partial charge in [-0.1, -0.05) is 29.3 Å². The first-order valence-electron chi connectivity index (χ1n) is 5.86. The Bertz CT molecular complexity index is 732. The first-order chi connectivity index (χ1) is 9.90. The molecule has 7 heteroatoms. The summed E-state index contributed by atoms with van der Waals surface area (Å²) in [7, 11) is 0. The minimum absolute atomic E-state index is 0.0213. The summed E-state index contributed by atoms with van der Waals surface area (Å²) in [5.74, 6) is -1.55. The fraction of sp³-hybridized carbons (Fsp3) is 0.0714. The van der Waals surface area contributed by atoms with Crippen LogP contribution < -0.4 is 5.32 Å². The van der Waals surface area contributed by atoms with Gasteiger partial charge >= 0.3 is 5.97 Å². The summed E-state index contributed by atoms with van der Waals surface area (Å²) in [5, 5.41) is 11.8. The number of benzene rings is 1. The maximum Gasteiger partial charge on any atom is 0.336 e. The Balaban J connectivity index is 2.32. The van der Waals surface area contributed by atoms with E-state index in [0.717, 1.165) is 0 Å². The predicted octanol–water partition coefficient (Wildman–Crippen LogP) is 3.65. The van der Waals surface area contributed by atoms with Crippen LogP contribution in [0.15, 0.2) is 30.3 Å². The molecule has 108 valence electrons. The Kier molecular flexibility index (Phi) is 4.45. The SMILES string of the molecule is Cc1c(NC(=O)c2ccc(Cl)nc2Cl)cccc1C(=O)O. The summed E-state index contributed by atoms with van der Waals surface area (Å²) < 4.78 is 0. The van der Waals surface area contributed by atoms with Gasteiger partial charge in [0.25, 0.3) is 5.91 Å². The lowest BCUT2D eigenvalue weighted by atomic mass is 10.1. The van der Waals surface area contributed by atoms with Crippen molar-refractivity contribution in [1.82, 2.24) is 4.98 Å². The highest BCUT2D eigenvalue weighted by Gasteiger charge is 2.15. The summed E-state index contributed by atoms with van der Waals surface area (Å²) in [4.78, 5) is 27.0. The smallest absolute Gasteiger partial charge is 0.336 e. The van der Waals surface area contributed by atoms with E-state index in [1.807, 2.05) is 0 Å². The summed E-state index contributed by atoms with van der Waals surface area (Å²) in [6.07, 6.45) is 0. The van der Waals surface area contributed by atoms with Gasteiger partial charge in [-0.15, -0.1) is 0 Å². The number of aromatic carboxylic acids is 1. The van der Waals surface area contributed by atoms with Crippen molar-refractivity contribution in [2.24, 2.45) is 0 Å². The molecule has 0 unspecified atom stereocenters. The van der Waals surface area contributed by atoms with E-state index in [2.05, 4.69) is 10.3 Å². The Labute approximate surface area is 130 Å². The van der Waals surface area contributed by atoms with Crippen LogP contribution in [0.4, 0.5) is 5.69 Å². The highest BCUT2D eigenvalue weighted by atomic mass is 35.5. The van der Waals surface area contributed by atoms with E-state index in [9.17, 15) is 9.59 Å². The molecule has 2 aromatic rings. The third-order valence-corrected chi connectivity index (χ3v) is 3.37. The maximum absolute atomic E-state index is 12.2. The van der Waals surface area contributed by atoms with Gasteiger partial charge in [-0.3, -0.25) is 4.79 Å². The van der Waals surface area contributed by atoms with Crippen molar-refractivity contribution in [2.45, 2.75) is 6.92 Å². The number of nitrogens with one attached hydrogen (secondary N) is 1. The minimum Gasteiger partial charge on any atom is -0.478 e. The largest absolute Gasteiger partial charge is 0.478 e. The van der Waals surface area contributed by atoms with Gasteiger partial charge in [-0.05, 0) is 36.8 Å². The Morgan fingerprint density at radius 1 is 1.14 bits per heavy atom. The topological polar surface area (TPSA) is 79.3 Å². The summed E-state index contributed by atoms with van der Waals surface area (Å²) in [6.45, 7) is 1.61. The highest BCUT2D eigenvalue weighted by Crippen LogP contribution is 2.22. The molecule has 1 aromatic heterocycles. The monoisotopic (exact) mass is 324 g/mol. The van der Waals surface area contributed by atoms with Crippen LogP contribution in [-0.2, 0) is 0 Å². The molecule has 0 aliphatic carbocycles. The number of carbonyl (C=O) groups is 2. The normalized spacial score (nSPS) is 10.2. The number of nitrogens with zero attached hydrogens (tertiary/aromatic N) is 1. The zero-order chi connectivity index (χ0) is 15.6. The molecule has 1 heterocycles. The van der Waals surface area contributed by atoms with Crippen molar-refractivity contribution in [3.8, 4) is 0 Å². The van der Waals surface area contributed by atoms with E-state index in [-0.39, 0.29) is 21.4 Å². The molecule has 0 saturated heterocycles. The molecule has 2 rings (SSSR count). The van der Waals surface area contributed by atoms with Crippen molar-refractivity contribution < 1.29 is 14.7 Å². The summed E-state index contributed by atoms with van der Waals surface area (Å²) >= 11 is 11.5. The van der Waals surface area contributed by atoms with Crippen molar-refractivity contribution in [1.29, 1.82) is 0 Å². The number of carbonyl (C=O) groups excluding carboxylic acids is 1. The Hall–Kier alpha value is -2.11. The highest BCUT2D eigenvalue weighted by molar-refractivity contribution is 6.35. The standard InChI is InChI=1S/C14H10Cl2N2O3/c1-7-8(14(20)21)3-2-4-10(7)17-13(19)9-5-6-11(15)18-12(9)16/h2-6H,1H3,(H,17,19)(H,20,21). The van der Waals surface area contributed by atoms with Crippen LogP contribution in [0.25, 0.3) is 0 Å². The molecule has 21 heavy (non-hydrogen) atoms. The molecule has 0 aliphatic rings. The molecule has 1 amide bonds. The average Bonchev–Trinajstić information content (AvgIpc) is 2.40. The summed E-state index contributed by atoms with van der Waals surface area (Å²) in [5.41, 5.74) is 1.12. The van der Waals surface area contributed by atoms with Crippen molar-refractivity contribution in [3.63, 3.8) is 0 Å². The van der Waals surface area contributed by atoms with Crippen molar-refractivity contribution in [2.75, 3.05) is 5.32 Å². The number of rotatable bonds is 3. The first kappa shape index (κ1) is 15.3. The zero-order valence-electron chi connectivity index (χ0n) is 10.9. The van der Waals surface area contributed by atoms with Crippen LogP contribution in [0.5, 0.6) is 0 Å². The number of pyridine rings is 1. The van der Waals surface area contributed by atoms with E-state index in [1.54, 1.807) is 19.1 Å². The second-order valence-corrected chi connectivity index (χ2v) is 4.96. The molecule has 0 fully saturated rings. The van der Waals surface area contributed by atoms with Gasteiger partial charge in [0, 0.05) is 5.69 Å². The molecule has 0 bridgehead atoms. The van der Waals surface area contributed by atoms with Crippen LogP contribution in [0.3, 0.4) is 0 Å². The lowest BCUT2D eigenvalue weighted by Gasteiger charge is -2.11. The number of carboxylic acids is 1. The molecule has 1 aromatic carbocycles. The molecule has 0 saturated carbocycles. The van der Waals surface area contributed by atoms with Gasteiger partial charge in [-0.25, -0.2) is 9.78 Å². The second kappa shape index (κ2) is 6.11. The van der Waals surface area contributed by atoms with E-state index in [1.165, 1.54) is 18.2 Å². The number of hydrogen-bond donors (Lipinski definition) is 2. The van der Waals surface area contributed by atoms with Gasteiger partial charge in [-0.2, -0.15) is 0 Å². The summed E-state index contributed by atoms with van der Waals surface area (Å²) in [6, 6.07) is 7.51.